The van der Waals surface area contributed by atoms with Crippen LogP contribution in [-0.4, -0.2) is 0 Å². The molecule has 4 heterocycles. The molecule has 8 rings (SSSR count). The van der Waals surface area contributed by atoms with E-state index in [0.717, 1.165) is 56.8 Å². The Morgan fingerprint density at radius 3 is 1.22 bits per heavy atom. The van der Waals surface area contributed by atoms with Gasteiger partial charge in [0.25, 0.3) is 0 Å². The second-order valence-corrected chi connectivity index (χ2v) is 6.67. The summed E-state index contributed by atoms with van der Waals surface area (Å²) in [5.74, 6) is 5.33. The Balaban J connectivity index is 1.21. The van der Waals surface area contributed by atoms with Gasteiger partial charge in [0, 0.05) is 23.3 Å². The summed E-state index contributed by atoms with van der Waals surface area (Å²) < 4.78 is 17.1. The molecule has 128 valence electrons. The van der Waals surface area contributed by atoms with Crippen LogP contribution in [0.1, 0.15) is 0 Å². The molecule has 0 aliphatic carbocycles. The zero-order valence-corrected chi connectivity index (χ0v) is 14.3. The molecule has 0 N–H and O–H groups in total. The third kappa shape index (κ3) is 2.36. The molecular weight excluding hydrogens is 336 g/mol. The van der Waals surface area contributed by atoms with Crippen molar-refractivity contribution in [2.75, 3.05) is 0 Å². The Hall–Kier alpha value is -3.72. The van der Waals surface area contributed by atoms with E-state index in [4.69, 9.17) is 14.2 Å². The highest BCUT2D eigenvalue weighted by Gasteiger charge is 2.17. The highest BCUT2D eigenvalue weighted by molar-refractivity contribution is 5.76. The summed E-state index contributed by atoms with van der Waals surface area (Å²) in [6.45, 7) is 0. The van der Waals surface area contributed by atoms with Gasteiger partial charge in [-0.05, 0) is 59.7 Å². The summed E-state index contributed by atoms with van der Waals surface area (Å²) >= 11 is 0. The lowest BCUT2D eigenvalue weighted by Crippen LogP contribution is -1.97. The number of ether oxygens (including phenoxy) is 3. The third-order valence-corrected chi connectivity index (χ3v) is 4.93. The average molecular weight is 350 g/mol. The first kappa shape index (κ1) is 14.4. The molecule has 0 fully saturated rings. The maximum absolute atomic E-state index is 5.98. The third-order valence-electron chi connectivity index (χ3n) is 4.93. The quantitative estimate of drug-likeness (QED) is 0.342. The number of rotatable bonds is 4. The van der Waals surface area contributed by atoms with Crippen molar-refractivity contribution in [2.45, 2.75) is 0 Å². The van der Waals surface area contributed by atoms with E-state index < -0.39 is 0 Å². The Labute approximate surface area is 156 Å². The summed E-state index contributed by atoms with van der Waals surface area (Å²) in [5.41, 5.74) is 4.44. The normalized spacial score (nSPS) is 12.3. The molecule has 0 amide bonds. The van der Waals surface area contributed by atoms with Crippen LogP contribution in [0.15, 0.2) is 84.9 Å². The van der Waals surface area contributed by atoms with Crippen LogP contribution in [-0.2, 0) is 0 Å². The van der Waals surface area contributed by atoms with E-state index in [-0.39, 0.29) is 0 Å². The van der Waals surface area contributed by atoms with Gasteiger partial charge in [-0.15, -0.1) is 0 Å². The van der Waals surface area contributed by atoms with Crippen molar-refractivity contribution in [1.82, 2.24) is 0 Å². The summed E-state index contributed by atoms with van der Waals surface area (Å²) in [6, 6.07) is 28.3. The fourth-order valence-electron chi connectivity index (χ4n) is 3.46. The standard InChI is InChI=1S/C24H14O3/c1-5-17(6-2-15(1)21-11-9-19-13-23(21)26-19)25-18-7-3-16(4-8-18)22-12-10-20-14-24(22)27-20/h1-14H. The van der Waals surface area contributed by atoms with Crippen LogP contribution < -0.4 is 14.2 Å². The van der Waals surface area contributed by atoms with Crippen LogP contribution in [0.3, 0.4) is 0 Å². The Kier molecular flexibility index (Phi) is 2.88. The molecule has 0 aromatic heterocycles. The Morgan fingerprint density at radius 2 is 0.889 bits per heavy atom. The van der Waals surface area contributed by atoms with Crippen LogP contribution in [0.25, 0.3) is 22.3 Å². The van der Waals surface area contributed by atoms with Crippen molar-refractivity contribution < 1.29 is 14.2 Å². The van der Waals surface area contributed by atoms with Crippen molar-refractivity contribution in [3.05, 3.63) is 84.9 Å². The maximum atomic E-state index is 5.98. The minimum absolute atomic E-state index is 0.803. The van der Waals surface area contributed by atoms with Gasteiger partial charge in [0.15, 0.2) is 0 Å². The molecule has 0 radical (unpaired) electrons. The van der Waals surface area contributed by atoms with Crippen LogP contribution in [0.5, 0.6) is 34.5 Å². The molecule has 3 nitrogen and oxygen atoms in total. The van der Waals surface area contributed by atoms with E-state index in [0.29, 0.717) is 0 Å². The smallest absolute Gasteiger partial charge is 0.138 e. The second kappa shape index (κ2) is 5.39. The van der Waals surface area contributed by atoms with Gasteiger partial charge in [0.05, 0.1) is 0 Å². The monoisotopic (exact) mass is 350 g/mol. The molecular formula is C24H14O3. The molecule has 0 saturated heterocycles. The van der Waals surface area contributed by atoms with E-state index in [9.17, 15) is 0 Å². The average Bonchev–Trinajstić information content (AvgIpc) is 2.68. The number of hydrogen-bond donors (Lipinski definition) is 0. The van der Waals surface area contributed by atoms with Gasteiger partial charge in [-0.2, -0.15) is 0 Å². The Morgan fingerprint density at radius 1 is 0.481 bits per heavy atom. The number of fused-ring (bicyclic) bond motifs is 4. The number of benzene rings is 4. The van der Waals surface area contributed by atoms with Gasteiger partial charge >= 0.3 is 0 Å². The maximum Gasteiger partial charge on any atom is 0.138 e. The predicted molar refractivity (Wildman–Crippen MR) is 104 cm³/mol. The summed E-state index contributed by atoms with van der Waals surface area (Å²) in [5, 5.41) is 0. The predicted octanol–water partition coefficient (Wildman–Crippen LogP) is 7.02. The zero-order valence-electron chi connectivity index (χ0n) is 14.3. The van der Waals surface area contributed by atoms with E-state index in [1.807, 2.05) is 72.8 Å². The van der Waals surface area contributed by atoms with Crippen LogP contribution in [0.4, 0.5) is 0 Å². The van der Waals surface area contributed by atoms with Crippen molar-refractivity contribution >= 4 is 0 Å². The molecule has 4 aromatic carbocycles. The molecule has 0 atom stereocenters. The molecule has 4 aliphatic heterocycles. The van der Waals surface area contributed by atoms with Crippen molar-refractivity contribution in [1.29, 1.82) is 0 Å². The summed E-state index contributed by atoms with van der Waals surface area (Å²) in [4.78, 5) is 0. The molecule has 27 heavy (non-hydrogen) atoms. The fourth-order valence-corrected chi connectivity index (χ4v) is 3.46. The topological polar surface area (TPSA) is 27.7 Å². The van der Waals surface area contributed by atoms with Crippen molar-refractivity contribution in [3.8, 4) is 56.8 Å². The lowest BCUT2D eigenvalue weighted by molar-refractivity contribution is 0.440. The first-order valence-electron chi connectivity index (χ1n) is 8.84. The highest BCUT2D eigenvalue weighted by atomic mass is 16.5. The lowest BCUT2D eigenvalue weighted by atomic mass is 10.0. The van der Waals surface area contributed by atoms with Crippen LogP contribution >= 0.6 is 0 Å². The minimum atomic E-state index is 0.803. The van der Waals surface area contributed by atoms with E-state index in [2.05, 4.69) is 12.1 Å². The first-order valence-corrected chi connectivity index (χ1v) is 8.84. The highest BCUT2D eigenvalue weighted by Crippen LogP contribution is 2.44. The second-order valence-electron chi connectivity index (χ2n) is 6.67. The molecule has 4 aliphatic rings. The summed E-state index contributed by atoms with van der Waals surface area (Å²) in [7, 11) is 0. The molecule has 4 aromatic rings. The zero-order chi connectivity index (χ0) is 17.8. The molecule has 0 unspecified atom stereocenters. The summed E-state index contributed by atoms with van der Waals surface area (Å²) in [6.07, 6.45) is 0. The van der Waals surface area contributed by atoms with Gasteiger partial charge < -0.3 is 14.2 Å². The fraction of sp³-hybridized carbons (Fsp3) is 0. The lowest BCUT2D eigenvalue weighted by Gasteiger charge is -2.20. The minimum Gasteiger partial charge on any atom is -0.457 e. The van der Waals surface area contributed by atoms with Gasteiger partial charge in [0.1, 0.15) is 34.5 Å². The van der Waals surface area contributed by atoms with Gasteiger partial charge in [-0.1, -0.05) is 24.3 Å². The molecule has 0 spiro atoms. The molecule has 4 bridgehead atoms. The van der Waals surface area contributed by atoms with Gasteiger partial charge in [0.2, 0.25) is 0 Å². The first-order chi connectivity index (χ1) is 13.3. The molecule has 0 saturated carbocycles. The van der Waals surface area contributed by atoms with E-state index in [1.165, 1.54) is 0 Å². The van der Waals surface area contributed by atoms with Gasteiger partial charge in [-0.3, -0.25) is 0 Å². The van der Waals surface area contributed by atoms with Crippen LogP contribution in [0, 0.1) is 0 Å². The SMILES string of the molecule is c1cc(-c2ccc3cc2O3)ccc1Oc1ccc(-c2ccc3cc2O3)cc1. The Bertz CT molecular complexity index is 1070. The van der Waals surface area contributed by atoms with E-state index in [1.54, 1.807) is 0 Å². The number of hydrogen-bond acceptors (Lipinski definition) is 3. The van der Waals surface area contributed by atoms with Gasteiger partial charge in [-0.25, -0.2) is 0 Å². The largest absolute Gasteiger partial charge is 0.457 e. The van der Waals surface area contributed by atoms with Crippen molar-refractivity contribution in [3.63, 3.8) is 0 Å². The molecule has 3 heteroatoms. The van der Waals surface area contributed by atoms with Crippen molar-refractivity contribution in [2.24, 2.45) is 0 Å². The van der Waals surface area contributed by atoms with Crippen LogP contribution in [0.2, 0.25) is 0 Å². The van der Waals surface area contributed by atoms with E-state index >= 15 is 0 Å².